The number of ether oxygens (including phenoxy) is 2. The van der Waals surface area contributed by atoms with Crippen LogP contribution in [0.4, 0.5) is 5.69 Å². The van der Waals surface area contributed by atoms with Crippen molar-refractivity contribution in [2.75, 3.05) is 12.8 Å². The minimum absolute atomic E-state index is 0.324. The Balaban J connectivity index is 2.34. The van der Waals surface area contributed by atoms with Gasteiger partial charge in [0.1, 0.15) is 17.2 Å². The van der Waals surface area contributed by atoms with E-state index in [1.807, 2.05) is 0 Å². The number of rotatable bonds is 4. The average Bonchev–Trinajstić information content (AvgIpc) is 2.44. The maximum Gasteiger partial charge on any atom is 0.248 e. The number of amides is 1. The van der Waals surface area contributed by atoms with E-state index in [-0.39, 0.29) is 0 Å². The molecule has 0 bridgehead atoms. The highest BCUT2D eigenvalue weighted by molar-refractivity contribution is 9.11. The first kappa shape index (κ1) is 15.7. The van der Waals surface area contributed by atoms with Gasteiger partial charge in [0.25, 0.3) is 0 Å². The number of nitrogens with two attached hydrogens (primary N) is 2. The van der Waals surface area contributed by atoms with Crippen LogP contribution in [-0.4, -0.2) is 13.0 Å². The molecular formula is C14H12Br2N2O3. The molecule has 0 saturated carbocycles. The number of anilines is 1. The van der Waals surface area contributed by atoms with E-state index >= 15 is 0 Å². The van der Waals surface area contributed by atoms with E-state index in [0.717, 1.165) is 4.47 Å². The summed E-state index contributed by atoms with van der Waals surface area (Å²) in [6, 6.07) is 8.16. The van der Waals surface area contributed by atoms with Crippen molar-refractivity contribution in [2.45, 2.75) is 0 Å². The lowest BCUT2D eigenvalue weighted by atomic mass is 10.2. The van der Waals surface area contributed by atoms with Gasteiger partial charge in [-0.15, -0.1) is 0 Å². The monoisotopic (exact) mass is 414 g/mol. The number of primary amides is 1. The first-order valence-electron chi connectivity index (χ1n) is 5.82. The molecule has 5 nitrogen and oxygen atoms in total. The second-order valence-corrected chi connectivity index (χ2v) is 5.84. The molecule has 0 radical (unpaired) electrons. The van der Waals surface area contributed by atoms with E-state index in [2.05, 4.69) is 31.9 Å². The lowest BCUT2D eigenvalue weighted by Crippen LogP contribution is -2.11. The summed E-state index contributed by atoms with van der Waals surface area (Å²) in [5.41, 5.74) is 11.7. The normalized spacial score (nSPS) is 10.2. The second-order valence-electron chi connectivity index (χ2n) is 4.14. The van der Waals surface area contributed by atoms with Gasteiger partial charge in [-0.1, -0.05) is 0 Å². The van der Waals surface area contributed by atoms with Crippen molar-refractivity contribution in [3.8, 4) is 17.2 Å². The number of benzene rings is 2. The molecule has 4 N–H and O–H groups in total. The van der Waals surface area contributed by atoms with Gasteiger partial charge in [-0.05, 0) is 62.2 Å². The third-order valence-corrected chi connectivity index (χ3v) is 3.96. The highest BCUT2D eigenvalue weighted by Crippen LogP contribution is 2.39. The zero-order valence-corrected chi connectivity index (χ0v) is 14.2. The number of hydrogen-bond donors (Lipinski definition) is 2. The SMILES string of the molecule is COc1cc(Br)c(Oc2ccc(C(N)=O)cc2N)cc1Br. The van der Waals surface area contributed by atoms with Crippen molar-refractivity contribution in [3.63, 3.8) is 0 Å². The number of carbonyl (C=O) groups is 1. The Labute approximate surface area is 138 Å². The van der Waals surface area contributed by atoms with Gasteiger partial charge >= 0.3 is 0 Å². The van der Waals surface area contributed by atoms with Crippen LogP contribution < -0.4 is 20.9 Å². The minimum atomic E-state index is -0.540. The van der Waals surface area contributed by atoms with Crippen LogP contribution >= 0.6 is 31.9 Å². The summed E-state index contributed by atoms with van der Waals surface area (Å²) in [6.45, 7) is 0. The standard InChI is InChI=1S/C14H12Br2N2O3/c1-20-12-5-9(16)13(6-8(12)15)21-11-3-2-7(14(18)19)4-10(11)17/h2-6H,17H2,1H3,(H2,18,19). The Morgan fingerprint density at radius 2 is 1.67 bits per heavy atom. The summed E-state index contributed by atoms with van der Waals surface area (Å²) in [7, 11) is 1.58. The van der Waals surface area contributed by atoms with Crippen LogP contribution in [0, 0.1) is 0 Å². The Morgan fingerprint density at radius 1 is 1.05 bits per heavy atom. The summed E-state index contributed by atoms with van der Waals surface area (Å²) in [5.74, 6) is 1.12. The van der Waals surface area contributed by atoms with Crippen LogP contribution in [0.15, 0.2) is 39.3 Å². The number of carbonyl (C=O) groups excluding carboxylic acids is 1. The molecule has 2 aromatic rings. The zero-order chi connectivity index (χ0) is 15.6. The van der Waals surface area contributed by atoms with E-state index in [9.17, 15) is 4.79 Å². The van der Waals surface area contributed by atoms with Crippen LogP contribution in [0.25, 0.3) is 0 Å². The molecule has 0 aromatic heterocycles. The molecule has 7 heteroatoms. The smallest absolute Gasteiger partial charge is 0.248 e. The summed E-state index contributed by atoms with van der Waals surface area (Å²) >= 11 is 6.79. The second kappa shape index (κ2) is 6.36. The molecule has 110 valence electrons. The van der Waals surface area contributed by atoms with Gasteiger partial charge in [-0.25, -0.2) is 0 Å². The maximum atomic E-state index is 11.1. The van der Waals surface area contributed by atoms with Crippen molar-refractivity contribution in [2.24, 2.45) is 5.73 Å². The fourth-order valence-electron chi connectivity index (χ4n) is 1.66. The molecule has 0 saturated heterocycles. The number of halogens is 2. The first-order chi connectivity index (χ1) is 9.92. The predicted molar refractivity (Wildman–Crippen MR) is 87.8 cm³/mol. The van der Waals surface area contributed by atoms with E-state index in [1.165, 1.54) is 6.07 Å². The third-order valence-electron chi connectivity index (χ3n) is 2.72. The summed E-state index contributed by atoms with van der Waals surface area (Å²) in [6.07, 6.45) is 0. The Bertz CT molecular complexity index is 705. The molecule has 21 heavy (non-hydrogen) atoms. The molecule has 0 spiro atoms. The number of methoxy groups -OCH3 is 1. The molecule has 0 atom stereocenters. The van der Waals surface area contributed by atoms with E-state index < -0.39 is 5.91 Å². The molecule has 0 heterocycles. The molecule has 1 amide bonds. The van der Waals surface area contributed by atoms with E-state index in [4.69, 9.17) is 20.9 Å². The van der Waals surface area contributed by atoms with Gasteiger partial charge in [-0.3, -0.25) is 4.79 Å². The van der Waals surface area contributed by atoms with Crippen molar-refractivity contribution < 1.29 is 14.3 Å². The highest BCUT2D eigenvalue weighted by atomic mass is 79.9. The molecule has 0 aliphatic rings. The fraction of sp³-hybridized carbons (Fsp3) is 0.0714. The van der Waals surface area contributed by atoms with E-state index in [1.54, 1.807) is 31.4 Å². The largest absolute Gasteiger partial charge is 0.496 e. The van der Waals surface area contributed by atoms with Gasteiger partial charge in [-0.2, -0.15) is 0 Å². The topological polar surface area (TPSA) is 87.6 Å². The fourth-order valence-corrected chi connectivity index (χ4v) is 2.55. The van der Waals surface area contributed by atoms with Gasteiger partial charge < -0.3 is 20.9 Å². The summed E-state index contributed by atoms with van der Waals surface area (Å²) in [5, 5.41) is 0. The molecule has 2 aromatic carbocycles. The van der Waals surface area contributed by atoms with Crippen LogP contribution in [-0.2, 0) is 0 Å². The average molecular weight is 416 g/mol. The molecule has 0 fully saturated rings. The molecule has 0 aliphatic carbocycles. The Morgan fingerprint density at radius 3 is 2.24 bits per heavy atom. The first-order valence-corrected chi connectivity index (χ1v) is 7.41. The van der Waals surface area contributed by atoms with Crippen molar-refractivity contribution >= 4 is 43.5 Å². The zero-order valence-electron chi connectivity index (χ0n) is 11.0. The Kier molecular flexibility index (Phi) is 4.74. The van der Waals surface area contributed by atoms with Gasteiger partial charge in [0.05, 0.1) is 21.7 Å². The van der Waals surface area contributed by atoms with Gasteiger partial charge in [0, 0.05) is 5.56 Å². The molecule has 0 unspecified atom stereocenters. The summed E-state index contributed by atoms with van der Waals surface area (Å²) in [4.78, 5) is 11.1. The maximum absolute atomic E-state index is 11.1. The predicted octanol–water partition coefficient (Wildman–Crippen LogP) is 3.69. The Hall–Kier alpha value is -1.73. The van der Waals surface area contributed by atoms with Crippen LogP contribution in [0.1, 0.15) is 10.4 Å². The summed E-state index contributed by atoms with van der Waals surface area (Å²) < 4.78 is 12.4. The van der Waals surface area contributed by atoms with Crippen molar-refractivity contribution in [1.29, 1.82) is 0 Å². The molecule has 0 aliphatic heterocycles. The van der Waals surface area contributed by atoms with Crippen LogP contribution in [0.2, 0.25) is 0 Å². The molecular weight excluding hydrogens is 404 g/mol. The lowest BCUT2D eigenvalue weighted by molar-refractivity contribution is 0.100. The van der Waals surface area contributed by atoms with Crippen LogP contribution in [0.3, 0.4) is 0 Å². The van der Waals surface area contributed by atoms with Gasteiger partial charge in [0.2, 0.25) is 5.91 Å². The van der Waals surface area contributed by atoms with Crippen molar-refractivity contribution in [3.05, 3.63) is 44.8 Å². The quantitative estimate of drug-likeness (QED) is 0.745. The highest BCUT2D eigenvalue weighted by Gasteiger charge is 2.12. The van der Waals surface area contributed by atoms with Gasteiger partial charge in [0.15, 0.2) is 0 Å². The number of nitrogen functional groups attached to an aromatic ring is 1. The van der Waals surface area contributed by atoms with E-state index in [0.29, 0.717) is 33.0 Å². The molecule has 2 rings (SSSR count). The third kappa shape index (κ3) is 3.48. The minimum Gasteiger partial charge on any atom is -0.496 e. The van der Waals surface area contributed by atoms with Crippen molar-refractivity contribution in [1.82, 2.24) is 0 Å². The lowest BCUT2D eigenvalue weighted by Gasteiger charge is -2.12. The van der Waals surface area contributed by atoms with Crippen LogP contribution in [0.5, 0.6) is 17.2 Å². The number of hydrogen-bond acceptors (Lipinski definition) is 4.